The Labute approximate surface area is 219 Å². The highest BCUT2D eigenvalue weighted by Crippen LogP contribution is 2.37. The molecule has 0 aliphatic carbocycles. The molecule has 0 bridgehead atoms. The molecule has 2 aliphatic rings. The number of aliphatic hydroxyl groups excluding tert-OH is 1. The van der Waals surface area contributed by atoms with E-state index in [2.05, 4.69) is 62.5 Å². The third kappa shape index (κ3) is 4.79. The number of carbonyl (C=O) groups excluding carboxylic acids is 1. The number of hydrogen-bond donors (Lipinski definition) is 3. The molecule has 6 rings (SSSR count). The monoisotopic (exact) mass is 520 g/mol. The van der Waals surface area contributed by atoms with Crippen molar-refractivity contribution >= 4 is 49.2 Å². The van der Waals surface area contributed by atoms with Gasteiger partial charge in [0.2, 0.25) is 0 Å². The van der Waals surface area contributed by atoms with E-state index in [1.165, 1.54) is 0 Å². The van der Waals surface area contributed by atoms with Gasteiger partial charge < -0.3 is 20.2 Å². The van der Waals surface area contributed by atoms with Crippen LogP contribution in [-0.2, 0) is 4.79 Å². The van der Waals surface area contributed by atoms with Crippen LogP contribution in [-0.4, -0.2) is 87.0 Å². The molecule has 11 heteroatoms. The maximum atomic E-state index is 13.2. The first-order valence-electron chi connectivity index (χ1n) is 12.8. The van der Waals surface area contributed by atoms with Crippen LogP contribution >= 0.6 is 11.3 Å². The summed E-state index contributed by atoms with van der Waals surface area (Å²) < 4.78 is 1.16. The number of thiazole rings is 1. The van der Waals surface area contributed by atoms with Gasteiger partial charge in [-0.2, -0.15) is 5.10 Å². The molecule has 0 spiro atoms. The number of piperazine rings is 1. The molecule has 0 saturated carbocycles. The normalized spacial score (nSPS) is 22.5. The SMILES string of the molecule is C[C@H]1CC[C@H](c2ccc3sc(N4CCN(C)CC4)nc3c2)N(C(O)C(=O)Nc2cncc3cn[nH]c23)C1. The minimum Gasteiger partial charge on any atom is -0.370 e. The van der Waals surface area contributed by atoms with Gasteiger partial charge in [-0.05, 0) is 43.5 Å². The number of anilines is 2. The zero-order valence-corrected chi connectivity index (χ0v) is 21.9. The average molecular weight is 521 g/mol. The van der Waals surface area contributed by atoms with Crippen LogP contribution in [0.1, 0.15) is 31.4 Å². The average Bonchev–Trinajstić information content (AvgIpc) is 3.56. The number of likely N-dealkylation sites (tertiary alicyclic amines) is 1. The molecule has 1 aromatic carbocycles. The Morgan fingerprint density at radius 1 is 1.19 bits per heavy atom. The summed E-state index contributed by atoms with van der Waals surface area (Å²) in [6, 6.07) is 6.33. The van der Waals surface area contributed by atoms with Crippen molar-refractivity contribution < 1.29 is 9.90 Å². The molecule has 10 nitrogen and oxygen atoms in total. The van der Waals surface area contributed by atoms with Gasteiger partial charge in [0.25, 0.3) is 5.91 Å². The Hall–Kier alpha value is -3.12. The number of piperidine rings is 1. The van der Waals surface area contributed by atoms with Crippen LogP contribution < -0.4 is 10.2 Å². The number of aliphatic hydroxyl groups is 1. The molecule has 0 radical (unpaired) electrons. The van der Waals surface area contributed by atoms with Gasteiger partial charge in [0.1, 0.15) is 0 Å². The lowest BCUT2D eigenvalue weighted by molar-refractivity contribution is -0.139. The van der Waals surface area contributed by atoms with Crippen LogP contribution in [0.25, 0.3) is 21.1 Å². The first kappa shape index (κ1) is 24.2. The molecular weight excluding hydrogens is 488 g/mol. The van der Waals surface area contributed by atoms with Gasteiger partial charge in [-0.15, -0.1) is 0 Å². The quantitative estimate of drug-likeness (QED) is 0.368. The second-order valence-electron chi connectivity index (χ2n) is 10.3. The predicted molar refractivity (Wildman–Crippen MR) is 146 cm³/mol. The van der Waals surface area contributed by atoms with Gasteiger partial charge in [0.05, 0.1) is 33.8 Å². The van der Waals surface area contributed by atoms with E-state index in [-0.39, 0.29) is 6.04 Å². The fourth-order valence-corrected chi connectivity index (χ4v) is 6.39. The maximum Gasteiger partial charge on any atom is 0.268 e. The van der Waals surface area contributed by atoms with E-state index in [1.54, 1.807) is 29.9 Å². The summed E-state index contributed by atoms with van der Waals surface area (Å²) in [5, 5.41) is 22.8. The van der Waals surface area contributed by atoms with Crippen molar-refractivity contribution in [2.45, 2.75) is 32.0 Å². The number of carbonyl (C=O) groups is 1. The minimum atomic E-state index is -1.29. The number of nitrogens with one attached hydrogen (secondary N) is 2. The lowest BCUT2D eigenvalue weighted by atomic mass is 9.89. The molecule has 1 unspecified atom stereocenters. The largest absolute Gasteiger partial charge is 0.370 e. The number of pyridine rings is 1. The number of amides is 1. The molecule has 2 aliphatic heterocycles. The number of likely N-dealkylation sites (N-methyl/N-ethyl adjacent to an activating group) is 1. The van der Waals surface area contributed by atoms with Gasteiger partial charge in [0, 0.05) is 50.3 Å². The summed E-state index contributed by atoms with van der Waals surface area (Å²) in [5.74, 6) is -0.0988. The van der Waals surface area contributed by atoms with E-state index in [4.69, 9.17) is 4.98 Å². The van der Waals surface area contributed by atoms with E-state index < -0.39 is 12.1 Å². The highest BCUT2D eigenvalue weighted by molar-refractivity contribution is 7.22. The van der Waals surface area contributed by atoms with Crippen LogP contribution in [0.2, 0.25) is 0 Å². The summed E-state index contributed by atoms with van der Waals surface area (Å²) in [5.41, 5.74) is 3.25. The van der Waals surface area contributed by atoms with Crippen LogP contribution in [0.3, 0.4) is 0 Å². The van der Waals surface area contributed by atoms with Gasteiger partial charge in [-0.3, -0.25) is 19.8 Å². The number of rotatable bonds is 5. The summed E-state index contributed by atoms with van der Waals surface area (Å²) in [4.78, 5) is 28.9. The number of benzene rings is 1. The van der Waals surface area contributed by atoms with E-state index in [0.29, 0.717) is 23.7 Å². The maximum absolute atomic E-state index is 13.2. The number of H-pyrrole nitrogens is 1. The summed E-state index contributed by atoms with van der Waals surface area (Å²) in [6.45, 7) is 6.85. The third-order valence-corrected chi connectivity index (χ3v) is 8.67. The van der Waals surface area contributed by atoms with Crippen LogP contribution in [0.4, 0.5) is 10.8 Å². The molecule has 3 aromatic heterocycles. The van der Waals surface area contributed by atoms with E-state index >= 15 is 0 Å². The first-order chi connectivity index (χ1) is 18.0. The van der Waals surface area contributed by atoms with E-state index in [9.17, 15) is 9.90 Å². The molecule has 4 aromatic rings. The lowest BCUT2D eigenvalue weighted by Gasteiger charge is -2.41. The van der Waals surface area contributed by atoms with Gasteiger partial charge in [-0.1, -0.05) is 24.3 Å². The van der Waals surface area contributed by atoms with Crippen molar-refractivity contribution in [3.8, 4) is 0 Å². The van der Waals surface area contributed by atoms with Gasteiger partial charge in [0.15, 0.2) is 11.4 Å². The molecule has 3 N–H and O–H groups in total. The highest BCUT2D eigenvalue weighted by atomic mass is 32.1. The van der Waals surface area contributed by atoms with Crippen molar-refractivity contribution in [1.29, 1.82) is 0 Å². The number of nitrogens with zero attached hydrogens (tertiary/aromatic N) is 6. The second kappa shape index (κ2) is 9.97. The van der Waals surface area contributed by atoms with Crippen molar-refractivity contribution in [1.82, 2.24) is 30.0 Å². The Morgan fingerprint density at radius 3 is 2.86 bits per heavy atom. The Bertz CT molecular complexity index is 1410. The molecule has 2 fully saturated rings. The Balaban J connectivity index is 1.23. The first-order valence-corrected chi connectivity index (χ1v) is 13.6. The van der Waals surface area contributed by atoms with Crippen LogP contribution in [0.5, 0.6) is 0 Å². The standard InChI is InChI=1S/C26H32N8O2S/c1-16-3-5-21(17-4-6-22-19(11-17)30-26(37-22)33-9-7-32(2)8-10-33)34(15-16)25(36)24(35)29-20-14-27-12-18-13-28-31-23(18)20/h4,6,11-14,16,21,25,36H,3,5,7-10,15H2,1-2H3,(H,28,31)(H,29,35)/t16-,21+,25?/m0/s1. The summed E-state index contributed by atoms with van der Waals surface area (Å²) >= 11 is 1.73. The van der Waals surface area contributed by atoms with Crippen molar-refractivity contribution in [2.24, 2.45) is 5.92 Å². The second-order valence-corrected chi connectivity index (χ2v) is 11.3. The number of fused-ring (bicyclic) bond motifs is 2. The van der Waals surface area contributed by atoms with Crippen molar-refractivity contribution in [2.75, 3.05) is 50.0 Å². The summed E-state index contributed by atoms with van der Waals surface area (Å²) in [7, 11) is 2.15. The molecule has 1 amide bonds. The highest BCUT2D eigenvalue weighted by Gasteiger charge is 2.35. The van der Waals surface area contributed by atoms with Gasteiger partial charge >= 0.3 is 0 Å². The topological polar surface area (TPSA) is 114 Å². The zero-order chi connectivity index (χ0) is 25.5. The molecule has 3 atom stereocenters. The van der Waals surface area contributed by atoms with Gasteiger partial charge in [-0.25, -0.2) is 4.98 Å². The zero-order valence-electron chi connectivity index (χ0n) is 21.1. The molecule has 194 valence electrons. The van der Waals surface area contributed by atoms with Crippen LogP contribution in [0.15, 0.2) is 36.8 Å². The number of hydrogen-bond acceptors (Lipinski definition) is 9. The fourth-order valence-electron chi connectivity index (χ4n) is 5.40. The Kier molecular flexibility index (Phi) is 6.53. The molecule has 37 heavy (non-hydrogen) atoms. The fraction of sp³-hybridized carbons (Fsp3) is 0.462. The molecule has 2 saturated heterocycles. The number of aromatic amines is 1. The molecular formula is C26H32N8O2S. The number of aromatic nitrogens is 4. The molecule has 5 heterocycles. The smallest absolute Gasteiger partial charge is 0.268 e. The van der Waals surface area contributed by atoms with E-state index in [1.807, 2.05) is 4.90 Å². The lowest BCUT2D eigenvalue weighted by Crippen LogP contribution is -2.49. The van der Waals surface area contributed by atoms with Crippen molar-refractivity contribution in [3.63, 3.8) is 0 Å². The third-order valence-electron chi connectivity index (χ3n) is 7.58. The minimum absolute atomic E-state index is 0.0730. The van der Waals surface area contributed by atoms with E-state index in [0.717, 1.165) is 65.3 Å². The summed E-state index contributed by atoms with van der Waals surface area (Å²) in [6.07, 6.45) is 5.50. The van der Waals surface area contributed by atoms with Crippen molar-refractivity contribution in [3.05, 3.63) is 42.4 Å². The Morgan fingerprint density at radius 2 is 2.03 bits per heavy atom. The predicted octanol–water partition coefficient (Wildman–Crippen LogP) is 3.05. The van der Waals surface area contributed by atoms with Crippen LogP contribution in [0, 0.1) is 5.92 Å².